The van der Waals surface area contributed by atoms with Gasteiger partial charge in [0.25, 0.3) is 0 Å². The summed E-state index contributed by atoms with van der Waals surface area (Å²) in [5.74, 6) is -0.448. The maximum atomic E-state index is 12.2. The van der Waals surface area contributed by atoms with Crippen LogP contribution in [0.25, 0.3) is 10.2 Å². The van der Waals surface area contributed by atoms with E-state index in [1.807, 2.05) is 18.2 Å². The lowest BCUT2D eigenvalue weighted by atomic mass is 10.2. The van der Waals surface area contributed by atoms with Gasteiger partial charge in [-0.3, -0.25) is 0 Å². The van der Waals surface area contributed by atoms with Crippen LogP contribution in [0.1, 0.15) is 10.4 Å². The normalized spacial score (nSPS) is 14.7. The van der Waals surface area contributed by atoms with Gasteiger partial charge >= 0.3 is 5.97 Å². The van der Waals surface area contributed by atoms with Gasteiger partial charge in [0.15, 0.2) is 5.13 Å². The van der Waals surface area contributed by atoms with Crippen molar-refractivity contribution in [3.8, 4) is 0 Å². The summed E-state index contributed by atoms with van der Waals surface area (Å²) in [6.07, 6.45) is -0.167. The number of para-hydroxylation sites is 1. The van der Waals surface area contributed by atoms with E-state index in [0.717, 1.165) is 15.3 Å². The summed E-state index contributed by atoms with van der Waals surface area (Å²) in [7, 11) is 0. The fourth-order valence-corrected chi connectivity index (χ4v) is 3.88. The molecule has 1 aromatic heterocycles. The molecule has 4 rings (SSSR count). The second kappa shape index (κ2) is 6.24. The minimum atomic E-state index is -0.448. The third-order valence-corrected chi connectivity index (χ3v) is 5.49. The molecule has 0 aliphatic carbocycles. The average molecular weight is 379 g/mol. The van der Waals surface area contributed by atoms with Crippen molar-refractivity contribution in [2.45, 2.75) is 6.10 Å². The zero-order valence-electron chi connectivity index (χ0n) is 12.4. The second-order valence-electron chi connectivity index (χ2n) is 5.52. The lowest BCUT2D eigenvalue weighted by Crippen LogP contribution is -2.53. The number of hydrogen-bond acceptors (Lipinski definition) is 5. The van der Waals surface area contributed by atoms with Gasteiger partial charge in [-0.05, 0) is 30.3 Å². The highest BCUT2D eigenvalue weighted by atomic mass is 35.5. The van der Waals surface area contributed by atoms with Crippen molar-refractivity contribution in [2.75, 3.05) is 18.0 Å². The largest absolute Gasteiger partial charge is 0.455 e. The van der Waals surface area contributed by atoms with Crippen molar-refractivity contribution in [3.63, 3.8) is 0 Å². The number of anilines is 1. The predicted molar refractivity (Wildman–Crippen MR) is 97.5 cm³/mol. The molecule has 1 aliphatic rings. The Labute approximate surface area is 152 Å². The summed E-state index contributed by atoms with van der Waals surface area (Å²) < 4.78 is 6.64. The molecule has 2 aromatic carbocycles. The second-order valence-corrected chi connectivity index (χ2v) is 7.37. The topological polar surface area (TPSA) is 42.4 Å². The maximum Gasteiger partial charge on any atom is 0.340 e. The van der Waals surface area contributed by atoms with Gasteiger partial charge in [0.2, 0.25) is 0 Å². The number of carbonyl (C=O) groups is 1. The minimum absolute atomic E-state index is 0.167. The monoisotopic (exact) mass is 378 g/mol. The van der Waals surface area contributed by atoms with Crippen molar-refractivity contribution >= 4 is 55.9 Å². The van der Waals surface area contributed by atoms with Gasteiger partial charge in [-0.15, -0.1) is 0 Å². The van der Waals surface area contributed by atoms with Crippen LogP contribution < -0.4 is 4.90 Å². The Morgan fingerprint density at radius 3 is 2.79 bits per heavy atom. The zero-order chi connectivity index (χ0) is 16.7. The molecule has 3 aromatic rings. The molecule has 7 heteroatoms. The van der Waals surface area contributed by atoms with Crippen molar-refractivity contribution in [1.82, 2.24) is 4.98 Å². The first kappa shape index (κ1) is 15.7. The molecule has 2 heterocycles. The first-order valence-corrected chi connectivity index (χ1v) is 8.94. The number of carbonyl (C=O) groups excluding carboxylic acids is 1. The van der Waals surface area contributed by atoms with Crippen LogP contribution in [0.15, 0.2) is 42.5 Å². The standard InChI is InChI=1S/C17H12Cl2N2O2S/c18-10-5-6-13(19)12(7-10)16(22)23-11-8-21(9-11)17-20-14-3-1-2-4-15(14)24-17/h1-7,11H,8-9H2. The molecule has 0 N–H and O–H groups in total. The van der Waals surface area contributed by atoms with Gasteiger partial charge in [0, 0.05) is 5.02 Å². The molecule has 4 nitrogen and oxygen atoms in total. The van der Waals surface area contributed by atoms with Gasteiger partial charge in [-0.1, -0.05) is 46.7 Å². The van der Waals surface area contributed by atoms with Gasteiger partial charge in [-0.25, -0.2) is 9.78 Å². The Morgan fingerprint density at radius 1 is 1.21 bits per heavy atom. The molecular weight excluding hydrogens is 367 g/mol. The van der Waals surface area contributed by atoms with E-state index >= 15 is 0 Å². The molecule has 24 heavy (non-hydrogen) atoms. The SMILES string of the molecule is O=C(OC1CN(c2nc3ccccc3s2)C1)c1cc(Cl)ccc1Cl. The molecule has 1 fully saturated rings. The van der Waals surface area contributed by atoms with Crippen molar-refractivity contribution in [3.05, 3.63) is 58.1 Å². The smallest absolute Gasteiger partial charge is 0.340 e. The number of halogens is 2. The van der Waals surface area contributed by atoms with Crippen LogP contribution in [-0.4, -0.2) is 30.1 Å². The molecule has 0 amide bonds. The number of nitrogens with zero attached hydrogens (tertiary/aromatic N) is 2. The fraction of sp³-hybridized carbons (Fsp3) is 0.176. The van der Waals surface area contributed by atoms with Crippen LogP contribution in [-0.2, 0) is 4.74 Å². The van der Waals surface area contributed by atoms with Crippen LogP contribution in [0.2, 0.25) is 10.0 Å². The number of ether oxygens (including phenoxy) is 1. The summed E-state index contributed by atoms with van der Waals surface area (Å²) in [6, 6.07) is 12.8. The molecule has 122 valence electrons. The van der Waals surface area contributed by atoms with Crippen LogP contribution in [0.3, 0.4) is 0 Å². The molecule has 1 saturated heterocycles. The number of esters is 1. The molecule has 0 bridgehead atoms. The van der Waals surface area contributed by atoms with Gasteiger partial charge in [0.1, 0.15) is 6.10 Å². The molecule has 1 aliphatic heterocycles. The summed E-state index contributed by atoms with van der Waals surface area (Å²) in [5.41, 5.74) is 1.28. The van der Waals surface area contributed by atoms with E-state index in [1.165, 1.54) is 6.07 Å². The first-order valence-electron chi connectivity index (χ1n) is 7.37. The summed E-state index contributed by atoms with van der Waals surface area (Å²) >= 11 is 13.6. The Morgan fingerprint density at radius 2 is 2.00 bits per heavy atom. The fourth-order valence-electron chi connectivity index (χ4n) is 2.53. The Bertz CT molecular complexity index is 889. The highest BCUT2D eigenvalue weighted by molar-refractivity contribution is 7.22. The average Bonchev–Trinajstić information content (AvgIpc) is 2.95. The molecule has 0 radical (unpaired) electrons. The number of rotatable bonds is 3. The van der Waals surface area contributed by atoms with Gasteiger partial charge in [0.05, 0.1) is 33.9 Å². The van der Waals surface area contributed by atoms with Crippen molar-refractivity contribution < 1.29 is 9.53 Å². The van der Waals surface area contributed by atoms with Crippen LogP contribution in [0.5, 0.6) is 0 Å². The van der Waals surface area contributed by atoms with E-state index in [-0.39, 0.29) is 6.10 Å². The number of fused-ring (bicyclic) bond motifs is 1. The molecule has 0 unspecified atom stereocenters. The Hall–Kier alpha value is -1.82. The first-order chi connectivity index (χ1) is 11.6. The third kappa shape index (κ3) is 2.95. The number of hydrogen-bond donors (Lipinski definition) is 0. The van der Waals surface area contributed by atoms with Gasteiger partial charge in [-0.2, -0.15) is 0 Å². The van der Waals surface area contributed by atoms with E-state index in [2.05, 4.69) is 16.0 Å². The zero-order valence-corrected chi connectivity index (χ0v) is 14.7. The predicted octanol–water partition coefficient (Wildman–Crippen LogP) is 4.65. The van der Waals surface area contributed by atoms with E-state index in [9.17, 15) is 4.79 Å². The summed E-state index contributed by atoms with van der Waals surface area (Å²) in [6.45, 7) is 1.26. The Balaban J connectivity index is 1.40. The highest BCUT2D eigenvalue weighted by Gasteiger charge is 2.32. The van der Waals surface area contributed by atoms with Gasteiger partial charge < -0.3 is 9.64 Å². The van der Waals surface area contributed by atoms with Crippen LogP contribution in [0.4, 0.5) is 5.13 Å². The molecular formula is C17H12Cl2N2O2S. The molecule has 0 atom stereocenters. The number of aromatic nitrogens is 1. The summed E-state index contributed by atoms with van der Waals surface area (Å²) in [4.78, 5) is 18.9. The van der Waals surface area contributed by atoms with Crippen LogP contribution in [0, 0.1) is 0 Å². The van der Waals surface area contributed by atoms with Crippen molar-refractivity contribution in [2.24, 2.45) is 0 Å². The van der Waals surface area contributed by atoms with Crippen LogP contribution >= 0.6 is 34.5 Å². The molecule has 0 spiro atoms. The minimum Gasteiger partial charge on any atom is -0.455 e. The highest BCUT2D eigenvalue weighted by Crippen LogP contribution is 2.32. The number of thiazole rings is 1. The number of benzene rings is 2. The lowest BCUT2D eigenvalue weighted by molar-refractivity contribution is 0.0234. The van der Waals surface area contributed by atoms with E-state index in [4.69, 9.17) is 27.9 Å². The third-order valence-electron chi connectivity index (χ3n) is 3.82. The summed E-state index contributed by atoms with van der Waals surface area (Å²) in [5, 5.41) is 1.74. The van der Waals surface area contributed by atoms with E-state index in [1.54, 1.807) is 23.5 Å². The van der Waals surface area contributed by atoms with E-state index < -0.39 is 5.97 Å². The Kier molecular flexibility index (Phi) is 4.08. The lowest BCUT2D eigenvalue weighted by Gasteiger charge is -2.38. The van der Waals surface area contributed by atoms with Crippen molar-refractivity contribution in [1.29, 1.82) is 0 Å². The quantitative estimate of drug-likeness (QED) is 0.622. The van der Waals surface area contributed by atoms with E-state index in [0.29, 0.717) is 28.7 Å². The maximum absolute atomic E-state index is 12.2. The molecule has 0 saturated carbocycles.